The molecule has 0 spiro atoms. The Hall–Kier alpha value is 0.350. The van der Waals surface area contributed by atoms with E-state index in [0.717, 1.165) is 12.8 Å². The average molecular weight is 248 g/mol. The summed E-state index contributed by atoms with van der Waals surface area (Å²) in [4.78, 5) is 17.4. The van der Waals surface area contributed by atoms with Crippen LogP contribution in [0.3, 0.4) is 0 Å². The molecule has 2 nitrogen and oxygen atoms in total. The lowest BCUT2D eigenvalue weighted by atomic mass is 10.1. The van der Waals surface area contributed by atoms with Gasteiger partial charge in [-0.1, -0.05) is 71.1 Å². The van der Waals surface area contributed by atoms with E-state index in [1.54, 1.807) is 0 Å². The van der Waals surface area contributed by atoms with Crippen LogP contribution in [0.4, 0.5) is 0 Å². The van der Waals surface area contributed by atoms with E-state index in [-0.39, 0.29) is 0 Å². The van der Waals surface area contributed by atoms with Crippen LogP contribution in [-0.4, -0.2) is 15.9 Å². The molecular weight excluding hydrogens is 219 g/mol. The minimum atomic E-state index is -1.64. The molecule has 0 aliphatic heterocycles. The maximum Gasteiger partial charge on any atom is 0.164 e. The van der Waals surface area contributed by atoms with Gasteiger partial charge in [0, 0.05) is 6.16 Å². The van der Waals surface area contributed by atoms with Crippen molar-refractivity contribution in [3.8, 4) is 0 Å². The fourth-order valence-electron chi connectivity index (χ4n) is 1.92. The second kappa shape index (κ2) is 13.4. The molecule has 0 aromatic heterocycles. The van der Waals surface area contributed by atoms with E-state index in [2.05, 4.69) is 6.92 Å². The lowest BCUT2D eigenvalue weighted by molar-refractivity contribution is 0.477. The molecule has 0 aromatic rings. The molecule has 0 saturated carbocycles. The number of hydrogen-bond donors (Lipinski definition) is 2. The van der Waals surface area contributed by atoms with E-state index in [4.69, 9.17) is 9.79 Å². The summed E-state index contributed by atoms with van der Waals surface area (Å²) >= 11 is 0. The summed E-state index contributed by atoms with van der Waals surface area (Å²) in [6, 6.07) is 0. The summed E-state index contributed by atoms with van der Waals surface area (Å²) in [6.45, 7) is 2.25. The van der Waals surface area contributed by atoms with E-state index < -0.39 is 8.38 Å². The molecule has 0 aliphatic rings. The molecular formula is C13H29O2P. The van der Waals surface area contributed by atoms with Crippen molar-refractivity contribution in [1.29, 1.82) is 0 Å². The maximum absolute atomic E-state index is 8.72. The summed E-state index contributed by atoms with van der Waals surface area (Å²) in [5.74, 6) is 0. The quantitative estimate of drug-likeness (QED) is 0.391. The van der Waals surface area contributed by atoms with Gasteiger partial charge >= 0.3 is 0 Å². The minimum Gasteiger partial charge on any atom is -0.350 e. The molecule has 0 fully saturated rings. The highest BCUT2D eigenvalue weighted by Crippen LogP contribution is 2.24. The first kappa shape index (κ1) is 16.4. The van der Waals surface area contributed by atoms with Crippen molar-refractivity contribution in [2.24, 2.45) is 0 Å². The van der Waals surface area contributed by atoms with Gasteiger partial charge in [-0.3, -0.25) is 0 Å². The Labute approximate surface area is 102 Å². The van der Waals surface area contributed by atoms with E-state index in [9.17, 15) is 0 Å². The highest BCUT2D eigenvalue weighted by Gasteiger charge is 1.97. The molecule has 2 N–H and O–H groups in total. The normalized spacial score (nSPS) is 11.2. The molecule has 0 heterocycles. The Morgan fingerprint density at radius 2 is 1.00 bits per heavy atom. The average Bonchev–Trinajstić information content (AvgIpc) is 2.25. The molecule has 16 heavy (non-hydrogen) atoms. The first-order chi connectivity index (χ1) is 7.77. The highest BCUT2D eigenvalue weighted by molar-refractivity contribution is 7.45. The SMILES string of the molecule is CCCCCCCCCCCCCP(O)O. The largest absolute Gasteiger partial charge is 0.350 e. The third-order valence-corrected chi connectivity index (χ3v) is 3.68. The molecule has 0 saturated heterocycles. The first-order valence-electron chi connectivity index (χ1n) is 6.92. The van der Waals surface area contributed by atoms with Crippen LogP contribution in [0.25, 0.3) is 0 Å². The fraction of sp³-hybridized carbons (Fsp3) is 1.00. The van der Waals surface area contributed by atoms with E-state index in [1.165, 1.54) is 57.8 Å². The van der Waals surface area contributed by atoms with Gasteiger partial charge in [0.25, 0.3) is 0 Å². The summed E-state index contributed by atoms with van der Waals surface area (Å²) in [6.07, 6.45) is 15.0. The number of hydrogen-bond acceptors (Lipinski definition) is 2. The van der Waals surface area contributed by atoms with Gasteiger partial charge in [0.15, 0.2) is 8.38 Å². The van der Waals surface area contributed by atoms with Crippen LogP contribution in [-0.2, 0) is 0 Å². The van der Waals surface area contributed by atoms with Gasteiger partial charge in [0.05, 0.1) is 0 Å². The Kier molecular flexibility index (Phi) is 13.7. The van der Waals surface area contributed by atoms with Crippen molar-refractivity contribution < 1.29 is 9.79 Å². The van der Waals surface area contributed by atoms with Crippen molar-refractivity contribution in [2.45, 2.75) is 77.6 Å². The minimum absolute atomic E-state index is 0.604. The smallest absolute Gasteiger partial charge is 0.164 e. The van der Waals surface area contributed by atoms with Crippen LogP contribution < -0.4 is 0 Å². The highest BCUT2D eigenvalue weighted by atomic mass is 31.2. The zero-order valence-corrected chi connectivity index (χ0v) is 11.7. The van der Waals surface area contributed by atoms with E-state index >= 15 is 0 Å². The van der Waals surface area contributed by atoms with Crippen molar-refractivity contribution in [1.82, 2.24) is 0 Å². The van der Waals surface area contributed by atoms with Crippen molar-refractivity contribution in [2.75, 3.05) is 6.16 Å². The van der Waals surface area contributed by atoms with Gasteiger partial charge < -0.3 is 9.79 Å². The predicted octanol–water partition coefficient (Wildman–Crippen LogP) is 4.59. The Bertz CT molecular complexity index is 129. The Morgan fingerprint density at radius 1 is 0.625 bits per heavy atom. The lowest BCUT2D eigenvalue weighted by Crippen LogP contribution is -1.85. The second-order valence-corrected chi connectivity index (χ2v) is 5.82. The van der Waals surface area contributed by atoms with Crippen LogP contribution in [0.2, 0.25) is 0 Å². The van der Waals surface area contributed by atoms with Crippen molar-refractivity contribution >= 4 is 8.38 Å². The molecule has 0 amide bonds. The third-order valence-electron chi connectivity index (χ3n) is 2.96. The molecule has 0 unspecified atom stereocenters. The van der Waals surface area contributed by atoms with E-state index in [0.29, 0.717) is 6.16 Å². The van der Waals surface area contributed by atoms with Gasteiger partial charge in [-0.2, -0.15) is 0 Å². The number of unbranched alkanes of at least 4 members (excludes halogenated alkanes) is 10. The summed E-state index contributed by atoms with van der Waals surface area (Å²) in [7, 11) is -1.64. The van der Waals surface area contributed by atoms with Gasteiger partial charge in [-0.15, -0.1) is 0 Å². The van der Waals surface area contributed by atoms with Crippen molar-refractivity contribution in [3.63, 3.8) is 0 Å². The van der Waals surface area contributed by atoms with Crippen LogP contribution in [0.5, 0.6) is 0 Å². The molecule has 3 heteroatoms. The molecule has 0 aromatic carbocycles. The molecule has 98 valence electrons. The maximum atomic E-state index is 8.72. The predicted molar refractivity (Wildman–Crippen MR) is 72.7 cm³/mol. The summed E-state index contributed by atoms with van der Waals surface area (Å²) < 4.78 is 0. The van der Waals surface area contributed by atoms with Gasteiger partial charge in [0.1, 0.15) is 0 Å². The zero-order valence-electron chi connectivity index (χ0n) is 10.8. The Morgan fingerprint density at radius 3 is 1.38 bits per heavy atom. The van der Waals surface area contributed by atoms with Gasteiger partial charge in [0.2, 0.25) is 0 Å². The first-order valence-corrected chi connectivity index (χ1v) is 8.36. The molecule has 0 radical (unpaired) electrons. The van der Waals surface area contributed by atoms with Gasteiger partial charge in [-0.05, 0) is 6.42 Å². The van der Waals surface area contributed by atoms with E-state index in [1.807, 2.05) is 0 Å². The fourth-order valence-corrected chi connectivity index (χ4v) is 2.42. The Balaban J connectivity index is 2.88. The van der Waals surface area contributed by atoms with Gasteiger partial charge in [-0.25, -0.2) is 0 Å². The lowest BCUT2D eigenvalue weighted by Gasteiger charge is -2.03. The second-order valence-electron chi connectivity index (χ2n) is 4.63. The topological polar surface area (TPSA) is 40.5 Å². The third kappa shape index (κ3) is 14.4. The monoisotopic (exact) mass is 248 g/mol. The summed E-state index contributed by atoms with van der Waals surface area (Å²) in [5, 5.41) is 0. The zero-order chi connectivity index (χ0) is 12.1. The molecule has 0 atom stereocenters. The molecule has 0 rings (SSSR count). The standard InChI is InChI=1S/C13H29O2P/c1-2-3-4-5-6-7-8-9-10-11-12-13-16(14)15/h14-15H,2-13H2,1H3. The molecule has 0 bridgehead atoms. The number of rotatable bonds is 12. The summed E-state index contributed by atoms with van der Waals surface area (Å²) in [5.41, 5.74) is 0. The van der Waals surface area contributed by atoms with Crippen LogP contribution in [0.15, 0.2) is 0 Å². The molecule has 0 aliphatic carbocycles. The van der Waals surface area contributed by atoms with Crippen molar-refractivity contribution in [3.05, 3.63) is 0 Å². The van der Waals surface area contributed by atoms with Crippen LogP contribution in [0, 0.1) is 0 Å². The van der Waals surface area contributed by atoms with Crippen LogP contribution >= 0.6 is 8.38 Å². The van der Waals surface area contributed by atoms with Crippen LogP contribution in [0.1, 0.15) is 77.6 Å².